The van der Waals surface area contributed by atoms with E-state index in [1.54, 1.807) is 0 Å². The van der Waals surface area contributed by atoms with E-state index in [9.17, 15) is 4.79 Å². The molecule has 3 N–H and O–H groups in total. The SMILES string of the molecule is NCCCCCCN(Cc1ccccc1)C(=O)O. The Bertz CT molecular complexity index is 341. The van der Waals surface area contributed by atoms with Crippen molar-refractivity contribution in [3.63, 3.8) is 0 Å². The third-order valence-corrected chi connectivity index (χ3v) is 2.87. The molecular formula is C14H22N2O2. The van der Waals surface area contributed by atoms with E-state index in [0.717, 1.165) is 31.2 Å². The van der Waals surface area contributed by atoms with Crippen molar-refractivity contribution in [2.24, 2.45) is 5.73 Å². The quantitative estimate of drug-likeness (QED) is 0.697. The van der Waals surface area contributed by atoms with Crippen molar-refractivity contribution in [3.05, 3.63) is 35.9 Å². The fourth-order valence-electron chi connectivity index (χ4n) is 1.85. The number of nitrogens with zero attached hydrogens (tertiary/aromatic N) is 1. The number of hydrogen-bond donors (Lipinski definition) is 2. The van der Waals surface area contributed by atoms with Crippen LogP contribution in [0.1, 0.15) is 31.2 Å². The second kappa shape index (κ2) is 8.53. The van der Waals surface area contributed by atoms with Gasteiger partial charge in [-0.25, -0.2) is 4.79 Å². The highest BCUT2D eigenvalue weighted by molar-refractivity contribution is 5.64. The van der Waals surface area contributed by atoms with Crippen LogP contribution in [0.4, 0.5) is 4.79 Å². The van der Waals surface area contributed by atoms with Crippen LogP contribution in [0.5, 0.6) is 0 Å². The van der Waals surface area contributed by atoms with Crippen molar-refractivity contribution >= 4 is 6.09 Å². The molecule has 0 aliphatic heterocycles. The van der Waals surface area contributed by atoms with Crippen LogP contribution in [0, 0.1) is 0 Å². The zero-order valence-corrected chi connectivity index (χ0v) is 10.7. The molecule has 1 rings (SSSR count). The van der Waals surface area contributed by atoms with Gasteiger partial charge in [0.25, 0.3) is 0 Å². The molecular weight excluding hydrogens is 228 g/mol. The molecule has 0 fully saturated rings. The Morgan fingerprint density at radius 1 is 1.11 bits per heavy atom. The average Bonchev–Trinajstić information content (AvgIpc) is 2.38. The largest absolute Gasteiger partial charge is 0.465 e. The molecule has 0 aliphatic rings. The Balaban J connectivity index is 2.34. The molecule has 0 aromatic heterocycles. The van der Waals surface area contributed by atoms with E-state index >= 15 is 0 Å². The summed E-state index contributed by atoms with van der Waals surface area (Å²) in [5.74, 6) is 0. The first kappa shape index (κ1) is 14.5. The molecule has 0 spiro atoms. The molecule has 1 aromatic rings. The Labute approximate surface area is 108 Å². The minimum absolute atomic E-state index is 0.465. The highest BCUT2D eigenvalue weighted by atomic mass is 16.4. The molecule has 1 aromatic carbocycles. The predicted molar refractivity (Wildman–Crippen MR) is 72.4 cm³/mol. The van der Waals surface area contributed by atoms with Crippen molar-refractivity contribution in [2.75, 3.05) is 13.1 Å². The van der Waals surface area contributed by atoms with E-state index in [0.29, 0.717) is 19.6 Å². The number of carbonyl (C=O) groups is 1. The van der Waals surface area contributed by atoms with Crippen LogP contribution in [0.15, 0.2) is 30.3 Å². The van der Waals surface area contributed by atoms with Crippen LogP contribution >= 0.6 is 0 Å². The maximum absolute atomic E-state index is 11.1. The summed E-state index contributed by atoms with van der Waals surface area (Å²) in [6.45, 7) is 1.77. The van der Waals surface area contributed by atoms with E-state index in [2.05, 4.69) is 0 Å². The molecule has 1 amide bonds. The highest BCUT2D eigenvalue weighted by Crippen LogP contribution is 2.07. The van der Waals surface area contributed by atoms with Crippen LogP contribution in [0.3, 0.4) is 0 Å². The normalized spacial score (nSPS) is 10.3. The van der Waals surface area contributed by atoms with E-state index < -0.39 is 6.09 Å². The maximum atomic E-state index is 11.1. The van der Waals surface area contributed by atoms with E-state index in [4.69, 9.17) is 10.8 Å². The van der Waals surface area contributed by atoms with Gasteiger partial charge in [0.2, 0.25) is 0 Å². The number of benzene rings is 1. The first-order valence-corrected chi connectivity index (χ1v) is 6.46. The third kappa shape index (κ3) is 5.68. The first-order chi connectivity index (χ1) is 8.74. The fraction of sp³-hybridized carbons (Fsp3) is 0.500. The zero-order valence-electron chi connectivity index (χ0n) is 10.7. The Morgan fingerprint density at radius 2 is 1.78 bits per heavy atom. The number of carboxylic acid groups (broad SMARTS) is 1. The third-order valence-electron chi connectivity index (χ3n) is 2.87. The molecule has 0 unspecified atom stereocenters. The molecule has 4 heteroatoms. The van der Waals surface area contributed by atoms with Crippen molar-refractivity contribution < 1.29 is 9.90 Å². The van der Waals surface area contributed by atoms with Gasteiger partial charge in [-0.3, -0.25) is 0 Å². The lowest BCUT2D eigenvalue weighted by molar-refractivity contribution is 0.141. The number of unbranched alkanes of at least 4 members (excludes halogenated alkanes) is 3. The van der Waals surface area contributed by atoms with Gasteiger partial charge in [0.1, 0.15) is 0 Å². The smallest absolute Gasteiger partial charge is 0.407 e. The number of hydrogen-bond acceptors (Lipinski definition) is 2. The van der Waals surface area contributed by atoms with E-state index in [1.165, 1.54) is 4.90 Å². The topological polar surface area (TPSA) is 66.6 Å². The van der Waals surface area contributed by atoms with Gasteiger partial charge in [-0.1, -0.05) is 43.2 Å². The second-order valence-corrected chi connectivity index (χ2v) is 4.39. The lowest BCUT2D eigenvalue weighted by Crippen LogP contribution is -2.29. The van der Waals surface area contributed by atoms with Gasteiger partial charge >= 0.3 is 6.09 Å². The van der Waals surface area contributed by atoms with Gasteiger partial charge in [0.05, 0.1) is 0 Å². The summed E-state index contributed by atoms with van der Waals surface area (Å²) in [6, 6.07) is 9.68. The van der Waals surface area contributed by atoms with Gasteiger partial charge in [0.15, 0.2) is 0 Å². The molecule has 100 valence electrons. The summed E-state index contributed by atoms with van der Waals surface area (Å²) in [7, 11) is 0. The van der Waals surface area contributed by atoms with E-state index in [1.807, 2.05) is 30.3 Å². The molecule has 0 saturated heterocycles. The minimum Gasteiger partial charge on any atom is -0.465 e. The number of nitrogens with two attached hydrogens (primary N) is 1. The van der Waals surface area contributed by atoms with Crippen molar-refractivity contribution in [2.45, 2.75) is 32.2 Å². The number of amides is 1. The summed E-state index contributed by atoms with van der Waals surface area (Å²) in [6.07, 6.45) is 3.19. The fourth-order valence-corrected chi connectivity index (χ4v) is 1.85. The molecule has 0 atom stereocenters. The van der Waals surface area contributed by atoms with Crippen molar-refractivity contribution in [1.82, 2.24) is 4.90 Å². The molecule has 18 heavy (non-hydrogen) atoms. The molecule has 0 saturated carbocycles. The summed E-state index contributed by atoms with van der Waals surface area (Å²) in [5, 5.41) is 9.14. The molecule has 4 nitrogen and oxygen atoms in total. The van der Waals surface area contributed by atoms with Gasteiger partial charge in [-0.2, -0.15) is 0 Å². The Hall–Kier alpha value is -1.55. The monoisotopic (exact) mass is 250 g/mol. The van der Waals surface area contributed by atoms with E-state index in [-0.39, 0.29) is 0 Å². The van der Waals surface area contributed by atoms with Gasteiger partial charge in [-0.05, 0) is 24.9 Å². The predicted octanol–water partition coefficient (Wildman–Crippen LogP) is 2.69. The summed E-state index contributed by atoms with van der Waals surface area (Å²) >= 11 is 0. The lowest BCUT2D eigenvalue weighted by atomic mass is 10.1. The molecule has 0 heterocycles. The summed E-state index contributed by atoms with van der Waals surface area (Å²) in [5.41, 5.74) is 6.45. The molecule has 0 radical (unpaired) electrons. The van der Waals surface area contributed by atoms with Crippen LogP contribution < -0.4 is 5.73 Å². The van der Waals surface area contributed by atoms with Crippen molar-refractivity contribution in [3.8, 4) is 0 Å². The minimum atomic E-state index is -0.849. The van der Waals surface area contributed by atoms with Crippen LogP contribution in [0.2, 0.25) is 0 Å². The second-order valence-electron chi connectivity index (χ2n) is 4.39. The standard InChI is InChI=1S/C14H22N2O2/c15-10-6-1-2-7-11-16(14(17)18)12-13-8-4-3-5-9-13/h3-5,8-9H,1-2,6-7,10-12,15H2,(H,17,18). The van der Waals surface area contributed by atoms with Gasteiger partial charge < -0.3 is 15.7 Å². The highest BCUT2D eigenvalue weighted by Gasteiger charge is 2.11. The van der Waals surface area contributed by atoms with Crippen LogP contribution in [0.25, 0.3) is 0 Å². The van der Waals surface area contributed by atoms with Crippen LogP contribution in [-0.4, -0.2) is 29.2 Å². The van der Waals surface area contributed by atoms with Gasteiger partial charge in [0, 0.05) is 13.1 Å². The number of rotatable bonds is 8. The average molecular weight is 250 g/mol. The first-order valence-electron chi connectivity index (χ1n) is 6.46. The maximum Gasteiger partial charge on any atom is 0.407 e. The van der Waals surface area contributed by atoms with Gasteiger partial charge in [-0.15, -0.1) is 0 Å². The van der Waals surface area contributed by atoms with Crippen molar-refractivity contribution in [1.29, 1.82) is 0 Å². The van der Waals surface area contributed by atoms with Crippen LogP contribution in [-0.2, 0) is 6.54 Å². The zero-order chi connectivity index (χ0) is 13.2. The Morgan fingerprint density at radius 3 is 2.39 bits per heavy atom. The molecule has 0 aliphatic carbocycles. The lowest BCUT2D eigenvalue weighted by Gasteiger charge is -2.19. The molecule has 0 bridgehead atoms. The Kier molecular flexibility index (Phi) is 6.87. The summed E-state index contributed by atoms with van der Waals surface area (Å²) in [4.78, 5) is 12.6. The summed E-state index contributed by atoms with van der Waals surface area (Å²) < 4.78 is 0.